The Morgan fingerprint density at radius 3 is 2.40 bits per heavy atom. The number of benzene rings is 2. The first-order chi connectivity index (χ1) is 16.9. The lowest BCUT2D eigenvalue weighted by atomic mass is 10.2. The number of hydrogen-bond donors (Lipinski definition) is 3. The molecule has 10 nitrogen and oxygen atoms in total. The van der Waals surface area contributed by atoms with Crippen LogP contribution in [0.25, 0.3) is 0 Å². The summed E-state index contributed by atoms with van der Waals surface area (Å²) >= 11 is 5.96. The normalized spacial score (nSPS) is 11.7. The maximum atomic E-state index is 13.2. The summed E-state index contributed by atoms with van der Waals surface area (Å²) in [5.41, 5.74) is -0.242. The van der Waals surface area contributed by atoms with Gasteiger partial charge in [0.15, 0.2) is 0 Å². The number of nitrogens with one attached hydrogen (secondary N) is 1. The molecule has 0 amide bonds. The molecule has 0 fully saturated rings. The molecule has 11 heteroatoms. The van der Waals surface area contributed by atoms with Crippen LogP contribution in [0.1, 0.15) is 5.56 Å². The molecule has 180 valence electrons. The molecule has 0 aliphatic carbocycles. The molecule has 35 heavy (non-hydrogen) atoms. The van der Waals surface area contributed by atoms with Crippen molar-refractivity contribution in [2.24, 2.45) is 0 Å². The zero-order valence-corrected chi connectivity index (χ0v) is 19.2. The van der Waals surface area contributed by atoms with Crippen LogP contribution in [-0.4, -0.2) is 42.0 Å². The van der Waals surface area contributed by atoms with Gasteiger partial charge >= 0.3 is 11.4 Å². The minimum Gasteiger partial charge on any atom is -0.439 e. The van der Waals surface area contributed by atoms with Crippen molar-refractivity contribution < 1.29 is 14.9 Å². The number of nitrogens with zero attached hydrogens (tertiary/aromatic N) is 4. The molecule has 0 saturated carbocycles. The van der Waals surface area contributed by atoms with Crippen LogP contribution in [0, 0.1) is 0 Å². The molecule has 1 atom stereocenters. The van der Waals surface area contributed by atoms with Crippen LogP contribution in [0.3, 0.4) is 0 Å². The summed E-state index contributed by atoms with van der Waals surface area (Å²) in [6, 6.07) is 19.0. The molecule has 2 aromatic heterocycles. The maximum Gasteiger partial charge on any atom is 0.355 e. The number of aromatic nitrogens is 4. The summed E-state index contributed by atoms with van der Waals surface area (Å²) in [6.45, 7) is -0.903. The van der Waals surface area contributed by atoms with E-state index in [4.69, 9.17) is 21.4 Å². The zero-order chi connectivity index (χ0) is 24.8. The Hall–Kier alpha value is -3.99. The molecule has 0 spiro atoms. The summed E-state index contributed by atoms with van der Waals surface area (Å²) < 4.78 is 7.73. The first-order valence-corrected chi connectivity index (χ1v) is 11.0. The van der Waals surface area contributed by atoms with Gasteiger partial charge < -0.3 is 20.3 Å². The van der Waals surface area contributed by atoms with Crippen LogP contribution in [0.2, 0.25) is 5.02 Å². The average molecular weight is 496 g/mol. The van der Waals surface area contributed by atoms with E-state index in [1.807, 2.05) is 6.07 Å². The second kappa shape index (κ2) is 11.0. The van der Waals surface area contributed by atoms with Gasteiger partial charge in [-0.15, -0.1) is 0 Å². The van der Waals surface area contributed by atoms with Gasteiger partial charge in [-0.1, -0.05) is 29.8 Å². The lowest BCUT2D eigenvalue weighted by Crippen LogP contribution is -2.45. The van der Waals surface area contributed by atoms with Crippen molar-refractivity contribution in [2.75, 3.05) is 11.9 Å². The van der Waals surface area contributed by atoms with E-state index in [1.165, 1.54) is 4.57 Å². The van der Waals surface area contributed by atoms with Gasteiger partial charge in [-0.3, -0.25) is 4.57 Å². The maximum absolute atomic E-state index is 13.2. The molecule has 3 N–H and O–H groups in total. The van der Waals surface area contributed by atoms with Crippen LogP contribution in [0.15, 0.2) is 82.5 Å². The monoisotopic (exact) mass is 495 g/mol. The fourth-order valence-corrected chi connectivity index (χ4v) is 3.35. The Morgan fingerprint density at radius 2 is 1.74 bits per heavy atom. The van der Waals surface area contributed by atoms with Gasteiger partial charge in [0.2, 0.25) is 11.8 Å². The minimum absolute atomic E-state index is 0.0167. The van der Waals surface area contributed by atoms with Gasteiger partial charge in [-0.25, -0.2) is 19.1 Å². The first-order valence-electron chi connectivity index (χ1n) is 10.6. The smallest absolute Gasteiger partial charge is 0.355 e. The van der Waals surface area contributed by atoms with Crippen molar-refractivity contribution in [2.45, 2.75) is 19.2 Å². The highest BCUT2D eigenvalue weighted by molar-refractivity contribution is 6.30. The summed E-state index contributed by atoms with van der Waals surface area (Å²) in [5.74, 6) is 1.01. The highest BCUT2D eigenvalue weighted by Crippen LogP contribution is 2.22. The van der Waals surface area contributed by atoms with Crippen molar-refractivity contribution in [3.8, 4) is 11.6 Å². The van der Waals surface area contributed by atoms with Crippen LogP contribution < -0.4 is 21.4 Å². The Kier molecular flexibility index (Phi) is 7.56. The highest BCUT2D eigenvalue weighted by atomic mass is 35.5. The van der Waals surface area contributed by atoms with Crippen LogP contribution in [0.4, 0.5) is 11.6 Å². The van der Waals surface area contributed by atoms with E-state index in [-0.39, 0.29) is 19.0 Å². The van der Waals surface area contributed by atoms with E-state index in [2.05, 4.69) is 15.3 Å². The molecule has 2 heterocycles. The Bertz CT molecular complexity index is 1390. The fraction of sp³-hybridized carbons (Fsp3) is 0.167. The quantitative estimate of drug-likeness (QED) is 0.322. The third-order valence-corrected chi connectivity index (χ3v) is 5.23. The standard InChI is InChI=1S/C24H22ClN5O5/c25-17-6-4-16(5-7-17)13-29-22(28-23(33)30(24(29)34)14-19(32)15-31)27-18-8-10-20(11-9-18)35-21-3-1-2-12-26-21/h1-12,19,31-32H,13-15H2,(H,27,28,33)/t19-/m1/s1. The van der Waals surface area contributed by atoms with E-state index in [9.17, 15) is 14.7 Å². The number of hydrogen-bond acceptors (Lipinski definition) is 8. The van der Waals surface area contributed by atoms with E-state index in [0.717, 1.165) is 10.1 Å². The van der Waals surface area contributed by atoms with E-state index in [0.29, 0.717) is 22.3 Å². The Morgan fingerprint density at radius 1 is 1.00 bits per heavy atom. The van der Waals surface area contributed by atoms with Gasteiger partial charge in [0, 0.05) is 23.0 Å². The third kappa shape index (κ3) is 6.12. The SMILES string of the molecule is O=c1nc(Nc2ccc(Oc3ccccn3)cc2)n(Cc2ccc(Cl)cc2)c(=O)n1C[C@@H](O)CO. The topological polar surface area (TPSA) is 132 Å². The molecule has 0 saturated heterocycles. The van der Waals surface area contributed by atoms with Gasteiger partial charge in [0.1, 0.15) is 5.75 Å². The van der Waals surface area contributed by atoms with Gasteiger partial charge in [-0.05, 0) is 48.0 Å². The summed E-state index contributed by atoms with van der Waals surface area (Å²) in [7, 11) is 0. The molecule has 0 aliphatic heterocycles. The molecule has 0 bridgehead atoms. The van der Waals surface area contributed by atoms with Gasteiger partial charge in [0.05, 0.1) is 25.8 Å². The summed E-state index contributed by atoms with van der Waals surface area (Å²) in [6.07, 6.45) is 0.343. The molecular weight excluding hydrogens is 474 g/mol. The zero-order valence-electron chi connectivity index (χ0n) is 18.4. The van der Waals surface area contributed by atoms with E-state index < -0.39 is 24.1 Å². The Labute approximate surface area is 204 Å². The van der Waals surface area contributed by atoms with Crippen molar-refractivity contribution in [1.82, 2.24) is 19.1 Å². The lowest BCUT2D eigenvalue weighted by molar-refractivity contribution is 0.0785. The van der Waals surface area contributed by atoms with Crippen molar-refractivity contribution >= 4 is 23.2 Å². The molecule has 0 radical (unpaired) electrons. The van der Waals surface area contributed by atoms with Crippen LogP contribution in [0.5, 0.6) is 11.6 Å². The van der Waals surface area contributed by atoms with Crippen LogP contribution in [-0.2, 0) is 13.1 Å². The number of pyridine rings is 1. The summed E-state index contributed by atoms with van der Waals surface area (Å²) in [5, 5.41) is 22.5. The number of rotatable bonds is 9. The van der Waals surface area contributed by atoms with E-state index >= 15 is 0 Å². The third-order valence-electron chi connectivity index (χ3n) is 4.98. The average Bonchev–Trinajstić information content (AvgIpc) is 2.87. The molecule has 0 aliphatic rings. The van der Waals surface area contributed by atoms with Crippen LogP contribution >= 0.6 is 11.6 Å². The highest BCUT2D eigenvalue weighted by Gasteiger charge is 2.16. The van der Waals surface area contributed by atoms with Gasteiger partial charge in [0.25, 0.3) is 0 Å². The number of halogens is 1. The number of aliphatic hydroxyl groups excluding tert-OH is 2. The first kappa shape index (κ1) is 24.1. The largest absolute Gasteiger partial charge is 0.439 e. The molecule has 0 unspecified atom stereocenters. The number of anilines is 2. The van der Waals surface area contributed by atoms with Gasteiger partial charge in [-0.2, -0.15) is 4.98 Å². The summed E-state index contributed by atoms with van der Waals surface area (Å²) in [4.78, 5) is 33.9. The molecular formula is C24H22ClN5O5. The molecule has 2 aromatic carbocycles. The molecule has 4 rings (SSSR count). The van der Waals surface area contributed by atoms with Crippen molar-refractivity contribution in [3.63, 3.8) is 0 Å². The lowest BCUT2D eigenvalue weighted by Gasteiger charge is -2.17. The predicted molar refractivity (Wildman–Crippen MR) is 130 cm³/mol. The Balaban J connectivity index is 1.65. The molecule has 4 aromatic rings. The van der Waals surface area contributed by atoms with Crippen molar-refractivity contribution in [1.29, 1.82) is 0 Å². The van der Waals surface area contributed by atoms with E-state index in [1.54, 1.807) is 66.9 Å². The fourth-order valence-electron chi connectivity index (χ4n) is 3.23. The minimum atomic E-state index is -1.28. The second-order valence-electron chi connectivity index (χ2n) is 7.58. The second-order valence-corrected chi connectivity index (χ2v) is 8.02. The number of ether oxygens (including phenoxy) is 1. The predicted octanol–water partition coefficient (Wildman–Crippen LogP) is 2.39. The van der Waals surface area contributed by atoms with Crippen molar-refractivity contribution in [3.05, 3.63) is 104 Å². The number of aliphatic hydroxyl groups is 2.